The number of carbonyl (C=O) groups excluding carboxylic acids is 1. The molecule has 0 radical (unpaired) electrons. The van der Waals surface area contributed by atoms with Gasteiger partial charge in [-0.05, 0) is 50.8 Å². The van der Waals surface area contributed by atoms with Gasteiger partial charge in [0.1, 0.15) is 5.75 Å². The van der Waals surface area contributed by atoms with E-state index in [4.69, 9.17) is 22.1 Å². The lowest BCUT2D eigenvalue weighted by atomic mass is 9.93. The van der Waals surface area contributed by atoms with E-state index in [2.05, 4.69) is 5.32 Å². The van der Waals surface area contributed by atoms with Crippen molar-refractivity contribution in [3.8, 4) is 5.75 Å². The minimum atomic E-state index is -0.760. The van der Waals surface area contributed by atoms with Crippen molar-refractivity contribution < 1.29 is 14.5 Å². The van der Waals surface area contributed by atoms with Crippen LogP contribution in [0.4, 0.5) is 5.69 Å². The van der Waals surface area contributed by atoms with Crippen LogP contribution >= 0.6 is 11.6 Å². The van der Waals surface area contributed by atoms with Crippen LogP contribution in [0.1, 0.15) is 36.0 Å². The molecule has 126 valence electrons. The molecule has 0 saturated carbocycles. The SMILES string of the molecule is NC(=O)c1cc(OCCCC2CCNCC2)c(Cl)c([N+](=O)[O-])c1. The molecule has 0 bridgehead atoms. The van der Waals surface area contributed by atoms with Gasteiger partial charge in [-0.2, -0.15) is 0 Å². The summed E-state index contributed by atoms with van der Waals surface area (Å²) in [5.74, 6) is 0.0471. The number of nitrogens with two attached hydrogens (primary N) is 1. The topological polar surface area (TPSA) is 107 Å². The first-order chi connectivity index (χ1) is 11.0. The first-order valence-corrected chi connectivity index (χ1v) is 7.98. The molecule has 23 heavy (non-hydrogen) atoms. The van der Waals surface area contributed by atoms with E-state index in [9.17, 15) is 14.9 Å². The van der Waals surface area contributed by atoms with Gasteiger partial charge < -0.3 is 15.8 Å². The minimum Gasteiger partial charge on any atom is -0.492 e. The number of carbonyl (C=O) groups is 1. The van der Waals surface area contributed by atoms with Gasteiger partial charge >= 0.3 is 0 Å². The van der Waals surface area contributed by atoms with E-state index in [0.717, 1.165) is 44.8 Å². The van der Waals surface area contributed by atoms with Crippen LogP contribution in [-0.2, 0) is 0 Å². The summed E-state index contributed by atoms with van der Waals surface area (Å²) in [6.07, 6.45) is 4.18. The lowest BCUT2D eigenvalue weighted by Gasteiger charge is -2.22. The minimum absolute atomic E-state index is 0.00875. The highest BCUT2D eigenvalue weighted by Gasteiger charge is 2.21. The highest BCUT2D eigenvalue weighted by atomic mass is 35.5. The third-order valence-electron chi connectivity index (χ3n) is 3.97. The Bertz CT molecular complexity index is 588. The number of primary amides is 1. The van der Waals surface area contributed by atoms with Crippen molar-refractivity contribution in [1.29, 1.82) is 0 Å². The fraction of sp³-hybridized carbons (Fsp3) is 0.533. The summed E-state index contributed by atoms with van der Waals surface area (Å²) in [5, 5.41) is 14.2. The first-order valence-electron chi connectivity index (χ1n) is 7.60. The summed E-state index contributed by atoms with van der Waals surface area (Å²) < 4.78 is 5.55. The molecular formula is C15H20ClN3O4. The number of benzene rings is 1. The smallest absolute Gasteiger partial charge is 0.292 e. The molecular weight excluding hydrogens is 322 g/mol. The zero-order chi connectivity index (χ0) is 16.8. The molecule has 7 nitrogen and oxygen atoms in total. The van der Waals surface area contributed by atoms with Crippen molar-refractivity contribution in [3.63, 3.8) is 0 Å². The Hall–Kier alpha value is -1.86. The van der Waals surface area contributed by atoms with E-state index < -0.39 is 10.8 Å². The zero-order valence-corrected chi connectivity index (χ0v) is 13.5. The van der Waals surface area contributed by atoms with Gasteiger partial charge in [-0.3, -0.25) is 14.9 Å². The summed E-state index contributed by atoms with van der Waals surface area (Å²) in [7, 11) is 0. The summed E-state index contributed by atoms with van der Waals surface area (Å²) in [4.78, 5) is 21.6. The molecule has 3 N–H and O–H groups in total. The number of piperidine rings is 1. The molecule has 0 spiro atoms. The molecule has 1 aromatic rings. The average molecular weight is 342 g/mol. The van der Waals surface area contributed by atoms with Crippen LogP contribution in [0.5, 0.6) is 5.75 Å². The fourth-order valence-electron chi connectivity index (χ4n) is 2.69. The second-order valence-corrected chi connectivity index (χ2v) is 5.99. The number of nitro benzene ring substituents is 1. The molecule has 2 rings (SSSR count). The molecule has 1 amide bonds. The summed E-state index contributed by atoms with van der Waals surface area (Å²) in [6, 6.07) is 2.41. The molecule has 1 aliphatic rings. The number of nitrogens with zero attached hydrogens (tertiary/aromatic N) is 1. The second kappa shape index (κ2) is 8.12. The Morgan fingerprint density at radius 3 is 2.74 bits per heavy atom. The maximum Gasteiger partial charge on any atom is 0.292 e. The number of nitro groups is 1. The molecule has 1 aliphatic heterocycles. The van der Waals surface area contributed by atoms with Crippen molar-refractivity contribution in [2.45, 2.75) is 25.7 Å². The largest absolute Gasteiger partial charge is 0.492 e. The lowest BCUT2D eigenvalue weighted by molar-refractivity contribution is -0.384. The molecule has 0 aromatic heterocycles. The third kappa shape index (κ3) is 4.80. The number of rotatable bonds is 7. The highest BCUT2D eigenvalue weighted by Crippen LogP contribution is 2.35. The van der Waals surface area contributed by atoms with Crippen LogP contribution in [0.25, 0.3) is 0 Å². The van der Waals surface area contributed by atoms with Gasteiger partial charge in [-0.25, -0.2) is 0 Å². The third-order valence-corrected chi connectivity index (χ3v) is 4.35. The van der Waals surface area contributed by atoms with Crippen molar-refractivity contribution in [2.24, 2.45) is 11.7 Å². The van der Waals surface area contributed by atoms with Crippen LogP contribution < -0.4 is 15.8 Å². The molecule has 8 heteroatoms. The van der Waals surface area contributed by atoms with Crippen molar-refractivity contribution in [3.05, 3.63) is 32.8 Å². The van der Waals surface area contributed by atoms with Crippen LogP contribution in [0.3, 0.4) is 0 Å². The molecule has 1 saturated heterocycles. The predicted molar refractivity (Wildman–Crippen MR) is 86.9 cm³/mol. The van der Waals surface area contributed by atoms with Gasteiger partial charge in [-0.15, -0.1) is 0 Å². The van der Waals surface area contributed by atoms with Gasteiger partial charge in [0.05, 0.1) is 11.5 Å². The Morgan fingerprint density at radius 1 is 1.43 bits per heavy atom. The monoisotopic (exact) mass is 341 g/mol. The van der Waals surface area contributed by atoms with E-state index >= 15 is 0 Å². The van der Waals surface area contributed by atoms with E-state index in [-0.39, 0.29) is 22.0 Å². The van der Waals surface area contributed by atoms with Gasteiger partial charge in [0.2, 0.25) is 5.91 Å². The Kier molecular flexibility index (Phi) is 6.18. The van der Waals surface area contributed by atoms with Crippen molar-refractivity contribution >= 4 is 23.2 Å². The maximum absolute atomic E-state index is 11.3. The number of amides is 1. The standard InChI is InChI=1S/C15H20ClN3O4/c16-14-12(19(21)22)8-11(15(17)20)9-13(14)23-7-1-2-10-3-5-18-6-4-10/h8-10,18H,1-7H2,(H2,17,20). The summed E-state index contributed by atoms with van der Waals surface area (Å²) >= 11 is 5.98. The molecule has 1 fully saturated rings. The van der Waals surface area contributed by atoms with E-state index in [1.54, 1.807) is 0 Å². The van der Waals surface area contributed by atoms with Crippen LogP contribution in [0.2, 0.25) is 5.02 Å². The van der Waals surface area contributed by atoms with Gasteiger partial charge in [0.15, 0.2) is 5.02 Å². The average Bonchev–Trinajstić information content (AvgIpc) is 2.53. The predicted octanol–water partition coefficient (Wildman–Crippen LogP) is 2.51. The summed E-state index contributed by atoms with van der Waals surface area (Å²) in [6.45, 7) is 2.48. The van der Waals surface area contributed by atoms with Crippen molar-refractivity contribution in [1.82, 2.24) is 5.32 Å². The number of nitrogens with one attached hydrogen (secondary N) is 1. The van der Waals surface area contributed by atoms with Gasteiger partial charge in [0, 0.05) is 11.6 Å². The fourth-order valence-corrected chi connectivity index (χ4v) is 2.92. The maximum atomic E-state index is 11.3. The number of halogens is 1. The van der Waals surface area contributed by atoms with Crippen LogP contribution in [0, 0.1) is 16.0 Å². The quantitative estimate of drug-likeness (QED) is 0.450. The Balaban J connectivity index is 1.97. The molecule has 1 heterocycles. The van der Waals surface area contributed by atoms with E-state index in [1.165, 1.54) is 6.07 Å². The first kappa shape index (κ1) is 17.5. The molecule has 1 aromatic carbocycles. The van der Waals surface area contributed by atoms with E-state index in [0.29, 0.717) is 12.5 Å². The van der Waals surface area contributed by atoms with E-state index in [1.807, 2.05) is 0 Å². The second-order valence-electron chi connectivity index (χ2n) is 5.61. The molecule has 0 atom stereocenters. The number of ether oxygens (including phenoxy) is 1. The molecule has 0 aliphatic carbocycles. The van der Waals surface area contributed by atoms with Gasteiger partial charge in [-0.1, -0.05) is 11.6 Å². The highest BCUT2D eigenvalue weighted by molar-refractivity contribution is 6.34. The van der Waals surface area contributed by atoms with Crippen LogP contribution in [-0.4, -0.2) is 30.5 Å². The van der Waals surface area contributed by atoms with Crippen molar-refractivity contribution in [2.75, 3.05) is 19.7 Å². The summed E-state index contributed by atoms with van der Waals surface area (Å²) in [5.41, 5.74) is 4.82. The number of hydrogen-bond donors (Lipinski definition) is 2. The normalized spacial score (nSPS) is 15.3. The Morgan fingerprint density at radius 2 is 2.13 bits per heavy atom. The van der Waals surface area contributed by atoms with Gasteiger partial charge in [0.25, 0.3) is 5.69 Å². The number of hydrogen-bond acceptors (Lipinski definition) is 5. The van der Waals surface area contributed by atoms with Crippen LogP contribution in [0.15, 0.2) is 12.1 Å². The Labute approximate surface area is 139 Å². The zero-order valence-electron chi connectivity index (χ0n) is 12.7. The molecule has 0 unspecified atom stereocenters. The lowest BCUT2D eigenvalue weighted by Crippen LogP contribution is -2.27.